The van der Waals surface area contributed by atoms with Crippen LogP contribution in [0.1, 0.15) is 11.1 Å². The highest BCUT2D eigenvalue weighted by Crippen LogP contribution is 2.38. The second-order valence-corrected chi connectivity index (χ2v) is 7.06. The predicted octanol–water partition coefficient (Wildman–Crippen LogP) is 5.54. The van der Waals surface area contributed by atoms with Crippen LogP contribution in [0.5, 0.6) is 28.7 Å². The Bertz CT molecular complexity index is 1130. The van der Waals surface area contributed by atoms with Gasteiger partial charge in [-0.3, -0.25) is 0 Å². The van der Waals surface area contributed by atoms with Crippen LogP contribution in [0.15, 0.2) is 54.6 Å². The summed E-state index contributed by atoms with van der Waals surface area (Å²) in [4.78, 5) is 12.5. The van der Waals surface area contributed by atoms with Crippen LogP contribution < -0.4 is 34.3 Å². The highest BCUT2D eigenvalue weighted by Gasteiger charge is 2.12. The van der Waals surface area contributed by atoms with E-state index in [1.54, 1.807) is 65.9 Å². The summed E-state index contributed by atoms with van der Waals surface area (Å²) in [5.41, 5.74) is 2.88. The lowest BCUT2D eigenvalue weighted by Gasteiger charge is -2.13. The van der Waals surface area contributed by atoms with Crippen LogP contribution >= 0.6 is 0 Å². The quantitative estimate of drug-likeness (QED) is 0.404. The number of amides is 2. The van der Waals surface area contributed by atoms with Gasteiger partial charge in [0.1, 0.15) is 11.5 Å². The average molecular weight is 465 g/mol. The number of nitrogens with one attached hydrogen (secondary N) is 2. The molecule has 0 radical (unpaired) electrons. The maximum absolute atomic E-state index is 12.5. The van der Waals surface area contributed by atoms with Gasteiger partial charge in [0.2, 0.25) is 5.75 Å². The van der Waals surface area contributed by atoms with Crippen LogP contribution in [0, 0.1) is 0 Å². The summed E-state index contributed by atoms with van der Waals surface area (Å²) in [6.45, 7) is 0. The van der Waals surface area contributed by atoms with E-state index in [-0.39, 0.29) is 0 Å². The lowest BCUT2D eigenvalue weighted by Crippen LogP contribution is -2.19. The van der Waals surface area contributed by atoms with Gasteiger partial charge in [-0.25, -0.2) is 4.79 Å². The van der Waals surface area contributed by atoms with Crippen LogP contribution in [0.4, 0.5) is 16.2 Å². The molecule has 0 aliphatic carbocycles. The molecule has 34 heavy (non-hydrogen) atoms. The van der Waals surface area contributed by atoms with E-state index in [2.05, 4.69) is 10.6 Å². The van der Waals surface area contributed by atoms with Crippen molar-refractivity contribution >= 4 is 29.6 Å². The second-order valence-electron chi connectivity index (χ2n) is 7.06. The van der Waals surface area contributed by atoms with Crippen molar-refractivity contribution in [1.82, 2.24) is 0 Å². The molecule has 178 valence electrons. The van der Waals surface area contributed by atoms with Crippen molar-refractivity contribution in [3.63, 3.8) is 0 Å². The molecule has 0 aliphatic rings. The van der Waals surface area contributed by atoms with E-state index in [1.165, 1.54) is 0 Å². The van der Waals surface area contributed by atoms with Crippen molar-refractivity contribution < 1.29 is 28.5 Å². The van der Waals surface area contributed by atoms with Crippen LogP contribution in [0.25, 0.3) is 12.2 Å². The van der Waals surface area contributed by atoms with Crippen LogP contribution in [0.2, 0.25) is 0 Å². The smallest absolute Gasteiger partial charge is 0.323 e. The number of urea groups is 1. The van der Waals surface area contributed by atoms with Gasteiger partial charge in [-0.1, -0.05) is 18.2 Å². The molecule has 0 atom stereocenters. The fourth-order valence-electron chi connectivity index (χ4n) is 3.28. The summed E-state index contributed by atoms with van der Waals surface area (Å²) < 4.78 is 26.7. The number of hydrogen-bond acceptors (Lipinski definition) is 6. The summed E-state index contributed by atoms with van der Waals surface area (Å²) in [5.74, 6) is 2.90. The Morgan fingerprint density at radius 1 is 0.647 bits per heavy atom. The Labute approximate surface area is 199 Å². The van der Waals surface area contributed by atoms with E-state index in [1.807, 2.05) is 36.4 Å². The Hall–Kier alpha value is -4.33. The van der Waals surface area contributed by atoms with Gasteiger partial charge in [0.15, 0.2) is 11.5 Å². The van der Waals surface area contributed by atoms with Gasteiger partial charge in [0.25, 0.3) is 0 Å². The third-order valence-electron chi connectivity index (χ3n) is 4.97. The van der Waals surface area contributed by atoms with Gasteiger partial charge < -0.3 is 34.3 Å². The predicted molar refractivity (Wildman–Crippen MR) is 134 cm³/mol. The van der Waals surface area contributed by atoms with E-state index in [0.717, 1.165) is 11.1 Å². The molecule has 2 amide bonds. The average Bonchev–Trinajstić information content (AvgIpc) is 2.87. The Morgan fingerprint density at radius 3 is 1.82 bits per heavy atom. The van der Waals surface area contributed by atoms with Crippen molar-refractivity contribution in [3.8, 4) is 28.7 Å². The summed E-state index contributed by atoms with van der Waals surface area (Å²) in [6.07, 6.45) is 3.82. The number of ether oxygens (including phenoxy) is 5. The molecule has 0 aromatic heterocycles. The molecule has 8 heteroatoms. The van der Waals surface area contributed by atoms with Gasteiger partial charge in [0, 0.05) is 5.69 Å². The molecule has 2 N–H and O–H groups in total. The summed E-state index contributed by atoms with van der Waals surface area (Å²) >= 11 is 0. The van der Waals surface area contributed by atoms with Gasteiger partial charge in [0.05, 0.1) is 41.2 Å². The molecule has 0 saturated carbocycles. The van der Waals surface area contributed by atoms with Gasteiger partial charge in [-0.05, 0) is 59.7 Å². The minimum atomic E-state index is -0.394. The largest absolute Gasteiger partial charge is 0.497 e. The van der Waals surface area contributed by atoms with Gasteiger partial charge in [-0.2, -0.15) is 0 Å². The molecule has 0 aliphatic heterocycles. The van der Waals surface area contributed by atoms with Crippen molar-refractivity contribution in [3.05, 3.63) is 65.7 Å². The van der Waals surface area contributed by atoms with Crippen LogP contribution in [-0.2, 0) is 0 Å². The number of hydrogen-bond donors (Lipinski definition) is 2. The maximum Gasteiger partial charge on any atom is 0.323 e. The fraction of sp³-hybridized carbons (Fsp3) is 0.192. The first kappa shape index (κ1) is 24.3. The second kappa shape index (κ2) is 11.5. The maximum atomic E-state index is 12.5. The topological polar surface area (TPSA) is 87.3 Å². The zero-order chi connectivity index (χ0) is 24.5. The SMILES string of the molecule is COc1ccc(NC(=O)Nc2cc(/C=C\c3cc(OC)c(OC)c(OC)c3)ccc2OC)cc1. The normalized spacial score (nSPS) is 10.5. The van der Waals surface area contributed by atoms with Gasteiger partial charge in [-0.15, -0.1) is 0 Å². The monoisotopic (exact) mass is 464 g/mol. The first-order valence-corrected chi connectivity index (χ1v) is 10.4. The highest BCUT2D eigenvalue weighted by molar-refractivity contribution is 6.01. The highest BCUT2D eigenvalue weighted by atomic mass is 16.5. The minimum absolute atomic E-state index is 0.394. The third-order valence-corrected chi connectivity index (χ3v) is 4.97. The van der Waals surface area contributed by atoms with Crippen molar-refractivity contribution in [2.75, 3.05) is 46.2 Å². The molecular weight excluding hydrogens is 436 g/mol. The van der Waals surface area contributed by atoms with Crippen molar-refractivity contribution in [2.24, 2.45) is 0 Å². The van der Waals surface area contributed by atoms with E-state index >= 15 is 0 Å². The summed E-state index contributed by atoms with van der Waals surface area (Å²) in [6, 6.07) is 15.9. The van der Waals surface area contributed by atoms with Crippen LogP contribution in [0.3, 0.4) is 0 Å². The number of benzene rings is 3. The molecule has 8 nitrogen and oxygen atoms in total. The Morgan fingerprint density at radius 2 is 1.26 bits per heavy atom. The number of carbonyl (C=O) groups excluding carboxylic acids is 1. The minimum Gasteiger partial charge on any atom is -0.497 e. The lowest BCUT2D eigenvalue weighted by molar-refractivity contribution is 0.262. The Kier molecular flexibility index (Phi) is 8.23. The van der Waals surface area contributed by atoms with Crippen molar-refractivity contribution in [2.45, 2.75) is 0 Å². The first-order chi connectivity index (χ1) is 16.5. The molecular formula is C26H28N2O6. The molecule has 0 fully saturated rings. The molecule has 3 aromatic rings. The number of anilines is 2. The number of rotatable bonds is 9. The standard InChI is InChI=1S/C26H28N2O6/c1-30-20-11-9-19(10-12-20)27-26(29)28-21-14-17(8-13-22(21)31-2)6-7-18-15-23(32-3)25(34-5)24(16-18)33-4/h6-16H,1-5H3,(H2,27,28,29)/b7-6-. The Balaban J connectivity index is 1.79. The molecule has 0 saturated heterocycles. The zero-order valence-corrected chi connectivity index (χ0v) is 19.8. The number of carbonyl (C=O) groups is 1. The summed E-state index contributed by atoms with van der Waals surface area (Å²) in [7, 11) is 7.84. The lowest BCUT2D eigenvalue weighted by atomic mass is 10.1. The number of methoxy groups -OCH3 is 5. The molecule has 0 spiro atoms. The van der Waals surface area contributed by atoms with E-state index < -0.39 is 6.03 Å². The van der Waals surface area contributed by atoms with E-state index in [4.69, 9.17) is 23.7 Å². The molecule has 0 bridgehead atoms. The molecule has 0 heterocycles. The first-order valence-electron chi connectivity index (χ1n) is 10.4. The van der Waals surface area contributed by atoms with E-state index in [9.17, 15) is 4.79 Å². The van der Waals surface area contributed by atoms with Crippen molar-refractivity contribution in [1.29, 1.82) is 0 Å². The molecule has 0 unspecified atom stereocenters. The molecule has 3 rings (SSSR count). The zero-order valence-electron chi connectivity index (χ0n) is 19.8. The molecule has 3 aromatic carbocycles. The van der Waals surface area contributed by atoms with Gasteiger partial charge >= 0.3 is 6.03 Å². The fourth-order valence-corrected chi connectivity index (χ4v) is 3.28. The van der Waals surface area contributed by atoms with Crippen LogP contribution in [-0.4, -0.2) is 41.6 Å². The summed E-state index contributed by atoms with van der Waals surface area (Å²) in [5, 5.41) is 5.62. The third kappa shape index (κ3) is 5.92. The van der Waals surface area contributed by atoms with E-state index in [0.29, 0.717) is 40.1 Å².